The number of carbonyl (C=O) groups excluding carboxylic acids is 1. The van der Waals surface area contributed by atoms with Crippen molar-refractivity contribution < 1.29 is 17.9 Å². The molecule has 2 unspecified atom stereocenters. The van der Waals surface area contributed by atoms with Crippen LogP contribution in [-0.2, 0) is 25.0 Å². The first-order valence-corrected chi connectivity index (χ1v) is 10.2. The monoisotopic (exact) mass is 350 g/mol. The topological polar surface area (TPSA) is 60.4 Å². The fourth-order valence-electron chi connectivity index (χ4n) is 2.67. The van der Waals surface area contributed by atoms with E-state index in [-0.39, 0.29) is 22.7 Å². The van der Waals surface area contributed by atoms with Gasteiger partial charge in [-0.1, -0.05) is 19.8 Å². The number of hydrogen-bond donors (Lipinski definition) is 0. The lowest BCUT2D eigenvalue weighted by Gasteiger charge is -2.28. The lowest BCUT2D eigenvalue weighted by molar-refractivity contribution is -0.150. The summed E-state index contributed by atoms with van der Waals surface area (Å²) in [5, 5.41) is 0. The van der Waals surface area contributed by atoms with Gasteiger partial charge in [0.2, 0.25) is 0 Å². The van der Waals surface area contributed by atoms with Crippen LogP contribution in [0.25, 0.3) is 0 Å². The van der Waals surface area contributed by atoms with Crippen LogP contribution in [0.1, 0.15) is 43.9 Å². The van der Waals surface area contributed by atoms with Crippen molar-refractivity contribution in [2.75, 3.05) is 0 Å². The molecule has 21 heavy (non-hydrogen) atoms. The Morgan fingerprint density at radius 1 is 1.43 bits per heavy atom. The largest absolute Gasteiger partial charge is 0.462 e. The van der Waals surface area contributed by atoms with Crippen LogP contribution in [-0.4, -0.2) is 20.5 Å². The molecule has 0 N–H and O–H groups in total. The summed E-state index contributed by atoms with van der Waals surface area (Å²) in [5.41, 5.74) is 0. The molecule has 1 aromatic heterocycles. The smallest absolute Gasteiger partial charge is 0.311 e. The van der Waals surface area contributed by atoms with Crippen molar-refractivity contribution in [3.05, 3.63) is 17.0 Å². The van der Waals surface area contributed by atoms with Gasteiger partial charge in [0.15, 0.2) is 0 Å². The highest BCUT2D eigenvalue weighted by atomic mass is 35.7. The highest BCUT2D eigenvalue weighted by Crippen LogP contribution is 2.29. The molecule has 0 bridgehead atoms. The Bertz CT molecular complexity index is 594. The molecule has 0 aromatic carbocycles. The van der Waals surface area contributed by atoms with Crippen molar-refractivity contribution in [1.82, 2.24) is 0 Å². The predicted octanol–water partition coefficient (Wildman–Crippen LogP) is 3.73. The zero-order valence-electron chi connectivity index (χ0n) is 11.9. The highest BCUT2D eigenvalue weighted by molar-refractivity contribution is 8.15. The molecule has 1 fully saturated rings. The van der Waals surface area contributed by atoms with E-state index in [0.29, 0.717) is 10.8 Å². The summed E-state index contributed by atoms with van der Waals surface area (Å²) < 4.78 is 27.9. The van der Waals surface area contributed by atoms with E-state index in [0.717, 1.165) is 37.0 Å². The van der Waals surface area contributed by atoms with Gasteiger partial charge in [0.05, 0.1) is 6.42 Å². The minimum atomic E-state index is -3.72. The van der Waals surface area contributed by atoms with Crippen LogP contribution in [0.5, 0.6) is 0 Å². The molecule has 7 heteroatoms. The normalized spacial score (nSPS) is 23.0. The molecule has 0 aliphatic heterocycles. The molecular formula is C14H19ClO4S2. The highest BCUT2D eigenvalue weighted by Gasteiger charge is 2.24. The fraction of sp³-hybridized carbons (Fsp3) is 0.643. The van der Waals surface area contributed by atoms with Gasteiger partial charge in [-0.05, 0) is 37.3 Å². The summed E-state index contributed by atoms with van der Waals surface area (Å²) >= 11 is 1.01. The summed E-state index contributed by atoms with van der Waals surface area (Å²) in [5.74, 6) is 0.350. The second-order valence-corrected chi connectivity index (χ2v) is 9.35. The fourth-order valence-corrected chi connectivity index (χ4v) is 4.78. The van der Waals surface area contributed by atoms with Crippen molar-refractivity contribution in [2.24, 2.45) is 5.92 Å². The van der Waals surface area contributed by atoms with E-state index in [1.807, 2.05) is 0 Å². The molecule has 4 nitrogen and oxygen atoms in total. The second-order valence-electron chi connectivity index (χ2n) is 5.39. The second kappa shape index (κ2) is 7.11. The molecule has 1 aliphatic carbocycles. The molecule has 1 aliphatic rings. The SMILES string of the molecule is CCC1CCCC(OC(=O)Cc2ccc(S(=O)(=O)Cl)s2)C1. The van der Waals surface area contributed by atoms with Gasteiger partial charge in [-0.2, -0.15) is 0 Å². The number of thiophene rings is 1. The van der Waals surface area contributed by atoms with Crippen molar-refractivity contribution >= 4 is 37.0 Å². The first-order valence-electron chi connectivity index (χ1n) is 7.11. The maximum Gasteiger partial charge on any atom is 0.311 e. The molecule has 0 amide bonds. The standard InChI is InChI=1S/C14H19ClO4S2/c1-2-10-4-3-5-11(8-10)19-13(16)9-12-6-7-14(20-12)21(15,17)18/h6-7,10-11H,2-5,8-9H2,1H3. The van der Waals surface area contributed by atoms with E-state index in [4.69, 9.17) is 15.4 Å². The van der Waals surface area contributed by atoms with Gasteiger partial charge in [-0.25, -0.2) is 8.42 Å². The Morgan fingerprint density at radius 2 is 2.19 bits per heavy atom. The average Bonchev–Trinajstić information content (AvgIpc) is 2.87. The van der Waals surface area contributed by atoms with Crippen LogP contribution in [0.15, 0.2) is 16.3 Å². The third-order valence-corrected chi connectivity index (χ3v) is 6.98. The van der Waals surface area contributed by atoms with Crippen molar-refractivity contribution in [1.29, 1.82) is 0 Å². The van der Waals surface area contributed by atoms with Crippen LogP contribution >= 0.6 is 22.0 Å². The Hall–Kier alpha value is -0.590. The van der Waals surface area contributed by atoms with E-state index >= 15 is 0 Å². The Labute approximate surface area is 133 Å². The number of hydrogen-bond acceptors (Lipinski definition) is 5. The molecule has 2 rings (SSSR count). The van der Waals surface area contributed by atoms with E-state index in [1.54, 1.807) is 6.07 Å². The molecule has 2 atom stereocenters. The summed E-state index contributed by atoms with van der Waals surface area (Å²) in [6.45, 7) is 2.16. The van der Waals surface area contributed by atoms with Gasteiger partial charge in [-0.3, -0.25) is 4.79 Å². The number of halogens is 1. The van der Waals surface area contributed by atoms with Crippen molar-refractivity contribution in [3.63, 3.8) is 0 Å². The zero-order valence-corrected chi connectivity index (χ0v) is 14.3. The molecular weight excluding hydrogens is 332 g/mol. The third-order valence-electron chi connectivity index (χ3n) is 3.81. The van der Waals surface area contributed by atoms with Crippen molar-refractivity contribution in [3.8, 4) is 0 Å². The van der Waals surface area contributed by atoms with Crippen LogP contribution in [0, 0.1) is 5.92 Å². The summed E-state index contributed by atoms with van der Waals surface area (Å²) in [6, 6.07) is 3.03. The summed E-state index contributed by atoms with van der Waals surface area (Å²) in [6.07, 6.45) is 5.41. The molecule has 0 saturated heterocycles. The van der Waals surface area contributed by atoms with Gasteiger partial charge < -0.3 is 4.74 Å². The van der Waals surface area contributed by atoms with Gasteiger partial charge in [0.1, 0.15) is 10.3 Å². The number of esters is 1. The number of rotatable bonds is 5. The predicted molar refractivity (Wildman–Crippen MR) is 83.2 cm³/mol. The van der Waals surface area contributed by atoms with Crippen molar-refractivity contribution in [2.45, 2.75) is 55.8 Å². The van der Waals surface area contributed by atoms with Gasteiger partial charge in [-0.15, -0.1) is 11.3 Å². The maximum absolute atomic E-state index is 11.9. The lowest BCUT2D eigenvalue weighted by atomic mass is 9.85. The quantitative estimate of drug-likeness (QED) is 0.599. The van der Waals surface area contributed by atoms with E-state index in [1.165, 1.54) is 12.5 Å². The summed E-state index contributed by atoms with van der Waals surface area (Å²) in [7, 11) is 1.55. The third kappa shape index (κ3) is 4.97. The van der Waals surface area contributed by atoms with Crippen LogP contribution in [0.3, 0.4) is 0 Å². The lowest BCUT2D eigenvalue weighted by Crippen LogP contribution is -2.26. The first kappa shape index (κ1) is 16.8. The number of carbonyl (C=O) groups is 1. The molecule has 1 saturated carbocycles. The summed E-state index contributed by atoms with van der Waals surface area (Å²) in [4.78, 5) is 12.6. The van der Waals surface area contributed by atoms with E-state index in [2.05, 4.69) is 6.92 Å². The first-order chi connectivity index (χ1) is 9.88. The molecule has 0 radical (unpaired) electrons. The molecule has 1 heterocycles. The van der Waals surface area contributed by atoms with Crippen LogP contribution in [0.4, 0.5) is 0 Å². The van der Waals surface area contributed by atoms with E-state index < -0.39 is 9.05 Å². The Kier molecular flexibility index (Phi) is 5.68. The Balaban J connectivity index is 1.88. The minimum absolute atomic E-state index is 0.00684. The van der Waals surface area contributed by atoms with Crippen LogP contribution < -0.4 is 0 Å². The van der Waals surface area contributed by atoms with Gasteiger partial charge in [0, 0.05) is 15.6 Å². The minimum Gasteiger partial charge on any atom is -0.462 e. The number of ether oxygens (including phenoxy) is 1. The van der Waals surface area contributed by atoms with Crippen LogP contribution in [0.2, 0.25) is 0 Å². The maximum atomic E-state index is 11.9. The van der Waals surface area contributed by atoms with Gasteiger partial charge in [0.25, 0.3) is 9.05 Å². The van der Waals surface area contributed by atoms with E-state index in [9.17, 15) is 13.2 Å². The molecule has 118 valence electrons. The average molecular weight is 351 g/mol. The molecule has 0 spiro atoms. The zero-order chi connectivity index (χ0) is 15.5. The Morgan fingerprint density at radius 3 is 2.81 bits per heavy atom. The van der Waals surface area contributed by atoms with Gasteiger partial charge >= 0.3 is 5.97 Å². The molecule has 1 aromatic rings.